The summed E-state index contributed by atoms with van der Waals surface area (Å²) in [5.74, 6) is -0.762. The van der Waals surface area contributed by atoms with Crippen molar-refractivity contribution in [2.24, 2.45) is 0 Å². The van der Waals surface area contributed by atoms with Crippen molar-refractivity contribution in [2.75, 3.05) is 12.0 Å². The molecule has 2 aromatic carbocycles. The quantitative estimate of drug-likeness (QED) is 0.298. The standard InChI is InChI=1S/C28H27BrN2O3/c1-16-11-17(2)13-24(12-16)31-20(5)26(28(33)34-6)25(27(31)32)15-21-14-18(3)30(19(21)4)23-9-7-22(29)8-10-23/h7-15H,1-6H3/b25-15-. The number of nitrogens with zero attached hydrogens (tertiary/aromatic N) is 2. The minimum Gasteiger partial charge on any atom is -0.465 e. The highest BCUT2D eigenvalue weighted by atomic mass is 79.9. The van der Waals surface area contributed by atoms with E-state index in [1.807, 2.05) is 70.2 Å². The summed E-state index contributed by atoms with van der Waals surface area (Å²) in [5.41, 5.74) is 7.93. The maximum atomic E-state index is 13.7. The smallest absolute Gasteiger partial charge is 0.340 e. The van der Waals surface area contributed by atoms with Crippen molar-refractivity contribution in [3.05, 3.63) is 97.9 Å². The number of aromatic nitrogens is 1. The molecule has 3 aromatic rings. The topological polar surface area (TPSA) is 51.5 Å². The molecule has 2 heterocycles. The molecule has 0 bridgehead atoms. The minimum absolute atomic E-state index is 0.239. The fraction of sp³-hybridized carbons (Fsp3) is 0.214. The van der Waals surface area contributed by atoms with E-state index in [9.17, 15) is 9.59 Å². The van der Waals surface area contributed by atoms with Gasteiger partial charge < -0.3 is 9.30 Å². The van der Waals surface area contributed by atoms with E-state index in [1.54, 1.807) is 17.9 Å². The molecule has 0 atom stereocenters. The molecule has 174 valence electrons. The van der Waals surface area contributed by atoms with Crippen LogP contribution in [0.1, 0.15) is 35.0 Å². The Bertz CT molecular complexity index is 1360. The lowest BCUT2D eigenvalue weighted by molar-refractivity contribution is -0.136. The molecule has 0 fully saturated rings. The van der Waals surface area contributed by atoms with Crippen molar-refractivity contribution in [2.45, 2.75) is 34.6 Å². The molecule has 5 nitrogen and oxygen atoms in total. The van der Waals surface area contributed by atoms with Gasteiger partial charge in [0.25, 0.3) is 5.91 Å². The van der Waals surface area contributed by atoms with E-state index in [0.29, 0.717) is 16.8 Å². The van der Waals surface area contributed by atoms with Crippen LogP contribution in [0.2, 0.25) is 0 Å². The molecule has 1 aliphatic heterocycles. The van der Waals surface area contributed by atoms with Crippen molar-refractivity contribution in [1.82, 2.24) is 4.57 Å². The predicted octanol–water partition coefficient (Wildman–Crippen LogP) is 6.35. The summed E-state index contributed by atoms with van der Waals surface area (Å²) < 4.78 is 8.21. The number of allylic oxidation sites excluding steroid dienone is 1. The number of hydrogen-bond donors (Lipinski definition) is 0. The third-order valence-corrected chi connectivity index (χ3v) is 6.64. The monoisotopic (exact) mass is 518 g/mol. The van der Waals surface area contributed by atoms with Crippen LogP contribution in [-0.2, 0) is 14.3 Å². The van der Waals surface area contributed by atoms with E-state index >= 15 is 0 Å². The fourth-order valence-electron chi connectivity index (χ4n) is 4.65. The van der Waals surface area contributed by atoms with Crippen molar-refractivity contribution < 1.29 is 14.3 Å². The number of anilines is 1. The number of rotatable bonds is 4. The van der Waals surface area contributed by atoms with E-state index in [1.165, 1.54) is 7.11 Å². The third-order valence-electron chi connectivity index (χ3n) is 6.11. The van der Waals surface area contributed by atoms with Crippen LogP contribution in [0.4, 0.5) is 5.69 Å². The second-order valence-electron chi connectivity index (χ2n) is 8.63. The molecular weight excluding hydrogens is 492 g/mol. The molecule has 6 heteroatoms. The normalized spacial score (nSPS) is 15.0. The summed E-state index contributed by atoms with van der Waals surface area (Å²) in [4.78, 5) is 28.1. The van der Waals surface area contributed by atoms with E-state index in [-0.39, 0.29) is 5.91 Å². The minimum atomic E-state index is -0.523. The van der Waals surface area contributed by atoms with Gasteiger partial charge in [-0.15, -0.1) is 0 Å². The number of halogens is 1. The highest BCUT2D eigenvalue weighted by Crippen LogP contribution is 2.37. The molecule has 0 aliphatic carbocycles. The average molecular weight is 519 g/mol. The van der Waals surface area contributed by atoms with Crippen LogP contribution in [0.15, 0.2) is 69.8 Å². The van der Waals surface area contributed by atoms with Crippen molar-refractivity contribution >= 4 is 39.6 Å². The van der Waals surface area contributed by atoms with Gasteiger partial charge in [0.1, 0.15) is 0 Å². The van der Waals surface area contributed by atoms with Gasteiger partial charge in [-0.3, -0.25) is 9.69 Å². The zero-order valence-electron chi connectivity index (χ0n) is 20.2. The average Bonchev–Trinajstić information content (AvgIpc) is 3.19. The molecule has 0 saturated heterocycles. The van der Waals surface area contributed by atoms with Gasteiger partial charge in [0.2, 0.25) is 0 Å². The molecule has 0 radical (unpaired) electrons. The molecule has 0 spiro atoms. The molecule has 4 rings (SSSR count). The first-order valence-corrected chi connectivity index (χ1v) is 11.8. The van der Waals surface area contributed by atoms with Gasteiger partial charge in [-0.05, 0) is 99.8 Å². The second-order valence-corrected chi connectivity index (χ2v) is 9.55. The lowest BCUT2D eigenvalue weighted by Crippen LogP contribution is -2.24. The van der Waals surface area contributed by atoms with Gasteiger partial charge in [-0.25, -0.2) is 4.79 Å². The van der Waals surface area contributed by atoms with Gasteiger partial charge in [0, 0.05) is 32.9 Å². The lowest BCUT2D eigenvalue weighted by atomic mass is 10.0. The van der Waals surface area contributed by atoms with Crippen LogP contribution in [0, 0.1) is 27.7 Å². The molecule has 1 amide bonds. The highest BCUT2D eigenvalue weighted by molar-refractivity contribution is 9.10. The number of carbonyl (C=O) groups is 2. The number of aryl methyl sites for hydroxylation is 3. The second kappa shape index (κ2) is 9.11. The third kappa shape index (κ3) is 4.14. The number of methoxy groups -OCH3 is 1. The zero-order valence-corrected chi connectivity index (χ0v) is 21.8. The Hall–Kier alpha value is -3.38. The molecule has 0 saturated carbocycles. The van der Waals surface area contributed by atoms with Gasteiger partial charge in [-0.2, -0.15) is 0 Å². The molecule has 0 unspecified atom stereocenters. The summed E-state index contributed by atoms with van der Waals surface area (Å²) in [6.45, 7) is 9.80. The first-order chi connectivity index (χ1) is 16.1. The zero-order chi connectivity index (χ0) is 24.7. The Morgan fingerprint density at radius 2 is 1.53 bits per heavy atom. The summed E-state index contributed by atoms with van der Waals surface area (Å²) >= 11 is 3.48. The van der Waals surface area contributed by atoms with Crippen molar-refractivity contribution in [3.63, 3.8) is 0 Å². The van der Waals surface area contributed by atoms with Gasteiger partial charge in [0.15, 0.2) is 0 Å². The summed E-state index contributed by atoms with van der Waals surface area (Å²) in [7, 11) is 1.34. The number of ether oxygens (including phenoxy) is 1. The summed E-state index contributed by atoms with van der Waals surface area (Å²) in [6.07, 6.45) is 1.80. The Labute approximate surface area is 208 Å². The Morgan fingerprint density at radius 1 is 0.912 bits per heavy atom. The summed E-state index contributed by atoms with van der Waals surface area (Å²) in [6, 6.07) is 16.0. The molecule has 0 N–H and O–H groups in total. The highest BCUT2D eigenvalue weighted by Gasteiger charge is 2.38. The lowest BCUT2D eigenvalue weighted by Gasteiger charge is -2.19. The first kappa shape index (κ1) is 23.8. The number of hydrogen-bond acceptors (Lipinski definition) is 3. The largest absolute Gasteiger partial charge is 0.465 e. The summed E-state index contributed by atoms with van der Waals surface area (Å²) in [5, 5.41) is 0. The first-order valence-electron chi connectivity index (χ1n) is 11.0. The van der Waals surface area contributed by atoms with Crippen molar-refractivity contribution in [1.29, 1.82) is 0 Å². The van der Waals surface area contributed by atoms with Crippen LogP contribution in [-0.4, -0.2) is 23.6 Å². The van der Waals surface area contributed by atoms with Crippen molar-refractivity contribution in [3.8, 4) is 5.69 Å². The SMILES string of the molecule is COC(=O)C1=C(C)N(c2cc(C)cc(C)c2)C(=O)/C1=C\c1cc(C)n(-c2ccc(Br)cc2)c1C. The molecule has 34 heavy (non-hydrogen) atoms. The van der Waals surface area contributed by atoms with Crippen LogP contribution in [0.5, 0.6) is 0 Å². The van der Waals surface area contributed by atoms with E-state index in [0.717, 1.165) is 43.9 Å². The maximum absolute atomic E-state index is 13.7. The van der Waals surface area contributed by atoms with Crippen LogP contribution < -0.4 is 4.90 Å². The predicted molar refractivity (Wildman–Crippen MR) is 139 cm³/mol. The number of benzene rings is 2. The van der Waals surface area contributed by atoms with Crippen LogP contribution in [0.25, 0.3) is 11.8 Å². The van der Waals surface area contributed by atoms with E-state index in [4.69, 9.17) is 4.74 Å². The maximum Gasteiger partial charge on any atom is 0.340 e. The van der Waals surface area contributed by atoms with Crippen LogP contribution >= 0.6 is 15.9 Å². The van der Waals surface area contributed by atoms with Gasteiger partial charge >= 0.3 is 5.97 Å². The molecule has 1 aliphatic rings. The van der Waals surface area contributed by atoms with Gasteiger partial charge in [0.05, 0.1) is 18.3 Å². The Morgan fingerprint density at radius 3 is 2.12 bits per heavy atom. The number of carbonyl (C=O) groups excluding carboxylic acids is 2. The Kier molecular flexibility index (Phi) is 6.36. The fourth-order valence-corrected chi connectivity index (χ4v) is 4.91. The van der Waals surface area contributed by atoms with Crippen LogP contribution in [0.3, 0.4) is 0 Å². The molecule has 1 aromatic heterocycles. The molecular formula is C28H27BrN2O3. The van der Waals surface area contributed by atoms with Gasteiger partial charge in [-0.1, -0.05) is 22.0 Å². The Balaban J connectivity index is 1.86. The van der Waals surface area contributed by atoms with E-state index < -0.39 is 5.97 Å². The number of amides is 1. The van der Waals surface area contributed by atoms with E-state index in [2.05, 4.69) is 26.6 Å². The number of esters is 1.